The minimum Gasteiger partial charge on any atom is -0.0468 e. The first-order chi connectivity index (χ1) is 6.93. The van der Waals surface area contributed by atoms with Crippen LogP contribution in [0.25, 0.3) is 0 Å². The van der Waals surface area contributed by atoms with Gasteiger partial charge < -0.3 is 0 Å². The van der Waals surface area contributed by atoms with Crippen LogP contribution in [0.4, 0.5) is 0 Å². The summed E-state index contributed by atoms with van der Waals surface area (Å²) in [6, 6.07) is 0. The quantitative estimate of drug-likeness (QED) is 0.545. The van der Waals surface area contributed by atoms with Crippen LogP contribution in [0.5, 0.6) is 0 Å². The van der Waals surface area contributed by atoms with Crippen LogP contribution in [-0.4, -0.2) is 0 Å². The van der Waals surface area contributed by atoms with E-state index in [1.807, 2.05) is 0 Å². The molecule has 0 heteroatoms. The summed E-state index contributed by atoms with van der Waals surface area (Å²) >= 11 is 0. The lowest BCUT2D eigenvalue weighted by Gasteiger charge is -2.76. The molecule has 0 aliphatic heterocycles. The SMILES string of the molecule is C1C2CC3C1C1C3C3C4CC2CC4C13. The molecule has 6 bridgehead atoms. The summed E-state index contributed by atoms with van der Waals surface area (Å²) < 4.78 is 0. The molecule has 0 saturated heterocycles. The molecule has 0 heterocycles. The molecule has 7 aliphatic rings. The Morgan fingerprint density at radius 1 is 0.429 bits per heavy atom. The van der Waals surface area contributed by atoms with Crippen molar-refractivity contribution >= 4 is 0 Å². The van der Waals surface area contributed by atoms with E-state index in [0.717, 1.165) is 0 Å². The second-order valence-electron chi connectivity index (χ2n) is 7.43. The largest absolute Gasteiger partial charge is 0.0468 e. The van der Waals surface area contributed by atoms with Crippen LogP contribution in [0, 0.1) is 59.2 Å². The van der Waals surface area contributed by atoms with E-state index in [4.69, 9.17) is 0 Å². The Morgan fingerprint density at radius 2 is 0.714 bits per heavy atom. The van der Waals surface area contributed by atoms with Crippen molar-refractivity contribution in [3.8, 4) is 0 Å². The van der Waals surface area contributed by atoms with Gasteiger partial charge in [0.05, 0.1) is 0 Å². The first-order valence-electron chi connectivity index (χ1n) is 6.93. The predicted octanol–water partition coefficient (Wildman–Crippen LogP) is 2.79. The maximum absolute atomic E-state index is 1.68. The maximum atomic E-state index is 1.68. The third kappa shape index (κ3) is 0.403. The van der Waals surface area contributed by atoms with Gasteiger partial charge in [-0.3, -0.25) is 0 Å². The van der Waals surface area contributed by atoms with E-state index in [9.17, 15) is 0 Å². The molecule has 7 rings (SSSR count). The molecule has 0 N–H and O–H groups in total. The lowest BCUT2D eigenvalue weighted by Crippen LogP contribution is -2.72. The summed E-state index contributed by atoms with van der Waals surface area (Å²) in [5.74, 6) is 12.6. The van der Waals surface area contributed by atoms with Gasteiger partial charge in [0.25, 0.3) is 0 Å². The second-order valence-corrected chi connectivity index (χ2v) is 7.43. The molecule has 0 nitrogen and oxygen atoms in total. The van der Waals surface area contributed by atoms with Crippen LogP contribution in [-0.2, 0) is 0 Å². The fourth-order valence-electron chi connectivity index (χ4n) is 7.70. The van der Waals surface area contributed by atoms with E-state index < -0.39 is 0 Å². The van der Waals surface area contributed by atoms with Gasteiger partial charge in [0.1, 0.15) is 0 Å². The molecular formula is C14H18. The predicted molar refractivity (Wildman–Crippen MR) is 53.4 cm³/mol. The summed E-state index contributed by atoms with van der Waals surface area (Å²) in [6.45, 7) is 0. The average molecular weight is 186 g/mol. The van der Waals surface area contributed by atoms with Crippen molar-refractivity contribution in [2.75, 3.05) is 0 Å². The topological polar surface area (TPSA) is 0 Å². The standard InChI is InChI=1S/C14H18/c1-5-2-8-7(1)11-12(8)14-10-4-6(5)3-9(10)13(11)14/h5-14H,1-4H2. The molecule has 14 heavy (non-hydrogen) atoms. The van der Waals surface area contributed by atoms with E-state index in [1.165, 1.54) is 59.2 Å². The van der Waals surface area contributed by atoms with Crippen molar-refractivity contribution in [3.05, 3.63) is 0 Å². The molecule has 0 spiro atoms. The van der Waals surface area contributed by atoms with E-state index in [0.29, 0.717) is 0 Å². The summed E-state index contributed by atoms with van der Waals surface area (Å²) in [4.78, 5) is 0. The summed E-state index contributed by atoms with van der Waals surface area (Å²) in [5.41, 5.74) is 0. The normalized spacial score (nSPS) is 84.0. The molecule has 4 unspecified atom stereocenters. The molecule has 0 amide bonds. The van der Waals surface area contributed by atoms with Crippen LogP contribution in [0.3, 0.4) is 0 Å². The van der Waals surface area contributed by atoms with Gasteiger partial charge in [-0.05, 0) is 84.9 Å². The van der Waals surface area contributed by atoms with Crippen molar-refractivity contribution in [2.45, 2.75) is 25.7 Å². The zero-order valence-corrected chi connectivity index (χ0v) is 8.60. The van der Waals surface area contributed by atoms with E-state index in [1.54, 1.807) is 25.7 Å². The molecule has 7 aliphatic carbocycles. The molecule has 0 aromatic carbocycles. The monoisotopic (exact) mass is 186 g/mol. The van der Waals surface area contributed by atoms with Gasteiger partial charge in [-0.25, -0.2) is 0 Å². The van der Waals surface area contributed by atoms with Gasteiger partial charge >= 0.3 is 0 Å². The molecule has 7 fully saturated rings. The lowest BCUT2D eigenvalue weighted by atomic mass is 9.28. The van der Waals surface area contributed by atoms with Crippen molar-refractivity contribution in [1.29, 1.82) is 0 Å². The zero-order valence-electron chi connectivity index (χ0n) is 8.60. The van der Waals surface area contributed by atoms with Crippen LogP contribution < -0.4 is 0 Å². The highest BCUT2D eigenvalue weighted by Gasteiger charge is 2.79. The Kier molecular flexibility index (Phi) is 0.758. The second kappa shape index (κ2) is 1.62. The van der Waals surface area contributed by atoms with Gasteiger partial charge in [0, 0.05) is 0 Å². The van der Waals surface area contributed by atoms with Crippen LogP contribution >= 0.6 is 0 Å². The number of rotatable bonds is 0. The Balaban J connectivity index is 1.62. The Hall–Kier alpha value is 0. The van der Waals surface area contributed by atoms with Gasteiger partial charge in [0.2, 0.25) is 0 Å². The molecular weight excluding hydrogens is 168 g/mol. The van der Waals surface area contributed by atoms with Crippen molar-refractivity contribution in [3.63, 3.8) is 0 Å². The summed E-state index contributed by atoms with van der Waals surface area (Å²) in [5, 5.41) is 0. The zero-order chi connectivity index (χ0) is 8.60. The minimum atomic E-state index is 1.21. The van der Waals surface area contributed by atoms with Crippen molar-refractivity contribution in [2.24, 2.45) is 59.2 Å². The smallest absolute Gasteiger partial charge is 0.0315 e. The van der Waals surface area contributed by atoms with Gasteiger partial charge in [-0.1, -0.05) is 0 Å². The maximum Gasteiger partial charge on any atom is -0.0315 e. The fourth-order valence-corrected chi connectivity index (χ4v) is 7.70. The van der Waals surface area contributed by atoms with Gasteiger partial charge in [-0.15, -0.1) is 0 Å². The van der Waals surface area contributed by atoms with Gasteiger partial charge in [-0.2, -0.15) is 0 Å². The van der Waals surface area contributed by atoms with Crippen molar-refractivity contribution < 1.29 is 0 Å². The Labute approximate surface area is 85.4 Å². The van der Waals surface area contributed by atoms with Crippen LogP contribution in [0.15, 0.2) is 0 Å². The minimum absolute atomic E-state index is 1.21. The Morgan fingerprint density at radius 3 is 1.00 bits per heavy atom. The van der Waals surface area contributed by atoms with E-state index in [-0.39, 0.29) is 0 Å². The number of hydrogen-bond donors (Lipinski definition) is 0. The average Bonchev–Trinajstić information content (AvgIpc) is 2.72. The Bertz CT molecular complexity index is 272. The van der Waals surface area contributed by atoms with Crippen molar-refractivity contribution in [1.82, 2.24) is 0 Å². The molecule has 4 atom stereocenters. The molecule has 0 aromatic heterocycles. The highest BCUT2D eigenvalue weighted by Crippen LogP contribution is 2.84. The molecule has 0 radical (unpaired) electrons. The van der Waals surface area contributed by atoms with E-state index in [2.05, 4.69) is 0 Å². The van der Waals surface area contributed by atoms with Gasteiger partial charge in [0.15, 0.2) is 0 Å². The summed E-state index contributed by atoms with van der Waals surface area (Å²) in [7, 11) is 0. The molecule has 74 valence electrons. The first kappa shape index (κ1) is 6.55. The number of hydrogen-bond acceptors (Lipinski definition) is 0. The first-order valence-corrected chi connectivity index (χ1v) is 6.93. The molecule has 0 aromatic rings. The summed E-state index contributed by atoms with van der Waals surface area (Å²) in [6.07, 6.45) is 6.72. The lowest BCUT2D eigenvalue weighted by molar-refractivity contribution is -0.294. The van der Waals surface area contributed by atoms with Crippen LogP contribution in [0.2, 0.25) is 0 Å². The third-order valence-corrected chi connectivity index (χ3v) is 7.82. The highest BCUT2D eigenvalue weighted by molar-refractivity contribution is 5.26. The highest BCUT2D eigenvalue weighted by atomic mass is 14.8. The third-order valence-electron chi connectivity index (χ3n) is 7.82. The van der Waals surface area contributed by atoms with Crippen LogP contribution in [0.1, 0.15) is 25.7 Å². The molecule has 7 saturated carbocycles. The van der Waals surface area contributed by atoms with E-state index >= 15 is 0 Å². The fraction of sp³-hybridized carbons (Fsp3) is 1.00.